The van der Waals surface area contributed by atoms with Gasteiger partial charge in [0.25, 0.3) is 0 Å². The minimum absolute atomic E-state index is 0.308. The molecular formula is C16H20O. The zero-order chi connectivity index (χ0) is 12.3. The highest BCUT2D eigenvalue weighted by molar-refractivity contribution is 5.96. The van der Waals surface area contributed by atoms with Crippen LogP contribution in [0.2, 0.25) is 0 Å². The van der Waals surface area contributed by atoms with E-state index in [9.17, 15) is 4.79 Å². The highest BCUT2D eigenvalue weighted by atomic mass is 16.1. The number of allylic oxidation sites excluding steroid dienone is 2. The molecule has 1 aromatic rings. The van der Waals surface area contributed by atoms with Crippen molar-refractivity contribution in [2.24, 2.45) is 5.92 Å². The highest BCUT2D eigenvalue weighted by Gasteiger charge is 2.16. The van der Waals surface area contributed by atoms with Crippen molar-refractivity contribution in [2.75, 3.05) is 0 Å². The fraction of sp³-hybridized carbons (Fsp3) is 0.438. The summed E-state index contributed by atoms with van der Waals surface area (Å²) >= 11 is 0. The Bertz CT molecular complexity index is 443. The van der Waals surface area contributed by atoms with Crippen LogP contribution in [-0.4, -0.2) is 5.78 Å². The summed E-state index contributed by atoms with van der Waals surface area (Å²) in [5, 5.41) is 0. The van der Waals surface area contributed by atoms with E-state index in [1.165, 1.54) is 5.56 Å². The molecule has 0 fully saturated rings. The lowest BCUT2D eigenvalue weighted by molar-refractivity contribution is -0.115. The SMILES string of the molecule is Cc1cccc(CC(=O)C2=CCC(C)CC2)c1. The Hall–Kier alpha value is -1.37. The molecule has 1 heteroatoms. The normalized spacial score (nSPS) is 19.9. The number of ketones is 1. The predicted molar refractivity (Wildman–Crippen MR) is 71.0 cm³/mol. The molecule has 0 amide bonds. The number of hydrogen-bond donors (Lipinski definition) is 0. The van der Waals surface area contributed by atoms with Crippen molar-refractivity contribution in [3.05, 3.63) is 47.0 Å². The Morgan fingerprint density at radius 1 is 1.41 bits per heavy atom. The maximum atomic E-state index is 12.1. The Morgan fingerprint density at radius 2 is 2.24 bits per heavy atom. The minimum Gasteiger partial charge on any atom is -0.294 e. The second kappa shape index (κ2) is 5.31. The molecule has 0 N–H and O–H groups in total. The van der Waals surface area contributed by atoms with Gasteiger partial charge in [-0.05, 0) is 43.2 Å². The summed E-state index contributed by atoms with van der Waals surface area (Å²) < 4.78 is 0. The van der Waals surface area contributed by atoms with Crippen LogP contribution in [0, 0.1) is 12.8 Å². The van der Waals surface area contributed by atoms with Crippen LogP contribution in [0.15, 0.2) is 35.9 Å². The minimum atomic E-state index is 0.308. The number of rotatable bonds is 3. The van der Waals surface area contributed by atoms with Crippen LogP contribution in [0.3, 0.4) is 0 Å². The molecule has 1 unspecified atom stereocenters. The van der Waals surface area contributed by atoms with Crippen LogP contribution in [0.25, 0.3) is 0 Å². The van der Waals surface area contributed by atoms with Gasteiger partial charge in [-0.15, -0.1) is 0 Å². The van der Waals surface area contributed by atoms with Crippen molar-refractivity contribution in [3.63, 3.8) is 0 Å². The van der Waals surface area contributed by atoms with E-state index in [4.69, 9.17) is 0 Å². The van der Waals surface area contributed by atoms with Crippen molar-refractivity contribution < 1.29 is 4.79 Å². The number of aryl methyl sites for hydroxylation is 1. The molecule has 0 saturated carbocycles. The van der Waals surface area contributed by atoms with E-state index in [2.05, 4.69) is 32.1 Å². The second-order valence-electron chi connectivity index (χ2n) is 5.20. The standard InChI is InChI=1S/C16H20O/c1-12-6-8-15(9-7-12)16(17)11-14-5-3-4-13(2)10-14/h3-5,8,10,12H,6-7,9,11H2,1-2H3. The van der Waals surface area contributed by atoms with Crippen molar-refractivity contribution in [3.8, 4) is 0 Å². The lowest BCUT2D eigenvalue weighted by Gasteiger charge is -2.17. The van der Waals surface area contributed by atoms with Crippen molar-refractivity contribution >= 4 is 5.78 Å². The lowest BCUT2D eigenvalue weighted by Crippen LogP contribution is -2.11. The van der Waals surface area contributed by atoms with E-state index in [0.717, 1.165) is 36.3 Å². The monoisotopic (exact) mass is 228 g/mol. The fourth-order valence-corrected chi connectivity index (χ4v) is 2.34. The number of Topliss-reactive ketones (excluding diaryl/α,β-unsaturated/α-hetero) is 1. The molecule has 0 aromatic heterocycles. The molecule has 0 radical (unpaired) electrons. The van der Waals surface area contributed by atoms with Gasteiger partial charge in [0.1, 0.15) is 0 Å². The Labute approximate surface area is 104 Å². The lowest BCUT2D eigenvalue weighted by atomic mass is 9.87. The van der Waals surface area contributed by atoms with E-state index >= 15 is 0 Å². The molecule has 0 saturated heterocycles. The quantitative estimate of drug-likeness (QED) is 0.768. The summed E-state index contributed by atoms with van der Waals surface area (Å²) in [6.07, 6.45) is 5.89. The van der Waals surface area contributed by atoms with Gasteiger partial charge in [0, 0.05) is 6.42 Å². The van der Waals surface area contributed by atoms with E-state index in [1.54, 1.807) is 0 Å². The first-order valence-electron chi connectivity index (χ1n) is 6.43. The van der Waals surface area contributed by atoms with Crippen molar-refractivity contribution in [2.45, 2.75) is 39.5 Å². The van der Waals surface area contributed by atoms with Gasteiger partial charge in [-0.1, -0.05) is 42.8 Å². The Kier molecular flexibility index (Phi) is 3.78. The van der Waals surface area contributed by atoms with Gasteiger partial charge in [-0.3, -0.25) is 4.79 Å². The van der Waals surface area contributed by atoms with Crippen LogP contribution >= 0.6 is 0 Å². The van der Waals surface area contributed by atoms with Gasteiger partial charge >= 0.3 is 0 Å². The van der Waals surface area contributed by atoms with Gasteiger partial charge in [0.05, 0.1) is 0 Å². The third kappa shape index (κ3) is 3.29. The van der Waals surface area contributed by atoms with Gasteiger partial charge in [-0.25, -0.2) is 0 Å². The first kappa shape index (κ1) is 12.1. The van der Waals surface area contributed by atoms with Crippen molar-refractivity contribution in [1.29, 1.82) is 0 Å². The average Bonchev–Trinajstić information content (AvgIpc) is 2.29. The summed E-state index contributed by atoms with van der Waals surface area (Å²) in [6.45, 7) is 4.31. The van der Waals surface area contributed by atoms with Crippen LogP contribution in [0.4, 0.5) is 0 Å². The zero-order valence-electron chi connectivity index (χ0n) is 10.7. The Morgan fingerprint density at radius 3 is 2.88 bits per heavy atom. The molecule has 2 rings (SSSR count). The molecule has 1 atom stereocenters. The molecule has 0 heterocycles. The summed E-state index contributed by atoms with van der Waals surface area (Å²) in [4.78, 5) is 12.1. The van der Waals surface area contributed by atoms with Gasteiger partial charge in [0.2, 0.25) is 0 Å². The molecule has 1 aliphatic rings. The van der Waals surface area contributed by atoms with Crippen LogP contribution < -0.4 is 0 Å². The molecule has 1 aromatic carbocycles. The zero-order valence-corrected chi connectivity index (χ0v) is 10.7. The van der Waals surface area contributed by atoms with Crippen LogP contribution in [0.5, 0.6) is 0 Å². The summed E-state index contributed by atoms with van der Waals surface area (Å²) in [5.41, 5.74) is 3.40. The number of carbonyl (C=O) groups is 1. The number of benzene rings is 1. The molecule has 1 aliphatic carbocycles. The molecule has 1 nitrogen and oxygen atoms in total. The largest absolute Gasteiger partial charge is 0.294 e. The first-order valence-corrected chi connectivity index (χ1v) is 6.43. The van der Waals surface area contributed by atoms with Crippen LogP contribution in [0.1, 0.15) is 37.3 Å². The average molecular weight is 228 g/mol. The maximum absolute atomic E-state index is 12.1. The smallest absolute Gasteiger partial charge is 0.162 e. The summed E-state index contributed by atoms with van der Waals surface area (Å²) in [7, 11) is 0. The van der Waals surface area contributed by atoms with E-state index in [0.29, 0.717) is 12.2 Å². The third-order valence-corrected chi connectivity index (χ3v) is 3.48. The third-order valence-electron chi connectivity index (χ3n) is 3.48. The van der Waals surface area contributed by atoms with Gasteiger partial charge in [0.15, 0.2) is 5.78 Å². The predicted octanol–water partition coefficient (Wildman–Crippen LogP) is 3.85. The molecule has 90 valence electrons. The van der Waals surface area contributed by atoms with Crippen LogP contribution in [-0.2, 0) is 11.2 Å². The Balaban J connectivity index is 2.02. The fourth-order valence-electron chi connectivity index (χ4n) is 2.34. The maximum Gasteiger partial charge on any atom is 0.162 e. The van der Waals surface area contributed by atoms with Gasteiger partial charge < -0.3 is 0 Å². The summed E-state index contributed by atoms with van der Waals surface area (Å²) in [6, 6.07) is 8.23. The first-order chi connectivity index (χ1) is 8.15. The molecular weight excluding hydrogens is 208 g/mol. The highest BCUT2D eigenvalue weighted by Crippen LogP contribution is 2.24. The molecule has 0 aliphatic heterocycles. The molecule has 17 heavy (non-hydrogen) atoms. The molecule has 0 bridgehead atoms. The van der Waals surface area contributed by atoms with E-state index in [-0.39, 0.29) is 0 Å². The van der Waals surface area contributed by atoms with Crippen molar-refractivity contribution in [1.82, 2.24) is 0 Å². The van der Waals surface area contributed by atoms with E-state index in [1.807, 2.05) is 12.1 Å². The van der Waals surface area contributed by atoms with Gasteiger partial charge in [-0.2, -0.15) is 0 Å². The summed E-state index contributed by atoms with van der Waals surface area (Å²) in [5.74, 6) is 1.05. The topological polar surface area (TPSA) is 17.1 Å². The van der Waals surface area contributed by atoms with E-state index < -0.39 is 0 Å². The number of hydrogen-bond acceptors (Lipinski definition) is 1. The second-order valence-corrected chi connectivity index (χ2v) is 5.20. The molecule has 0 spiro atoms. The number of carbonyl (C=O) groups excluding carboxylic acids is 1.